The molecule has 0 aliphatic carbocycles. The minimum Gasteiger partial charge on any atom is -0.452 e. The number of nitrogens with one attached hydrogen (secondary N) is 1. The fraction of sp³-hybridized carbons (Fsp3) is 0.0833. The molecule has 0 aromatic heterocycles. The van der Waals surface area contributed by atoms with E-state index in [-0.39, 0.29) is 11.1 Å². The van der Waals surface area contributed by atoms with E-state index in [9.17, 15) is 19.2 Å². The van der Waals surface area contributed by atoms with Crippen LogP contribution in [-0.4, -0.2) is 37.3 Å². The molecule has 0 spiro atoms. The third kappa shape index (κ3) is 5.42. The molecule has 0 fully saturated rings. The zero-order valence-electron chi connectivity index (χ0n) is 16.8. The summed E-state index contributed by atoms with van der Waals surface area (Å²) in [5.41, 5.74) is 1.13. The summed E-state index contributed by atoms with van der Waals surface area (Å²) in [5.74, 6) is -2.61. The first-order chi connectivity index (χ1) is 15.0. The molecule has 156 valence electrons. The van der Waals surface area contributed by atoms with Gasteiger partial charge in [0.1, 0.15) is 0 Å². The predicted octanol–water partition coefficient (Wildman–Crippen LogP) is 3.08. The smallest absolute Gasteiger partial charge is 0.339 e. The summed E-state index contributed by atoms with van der Waals surface area (Å²) in [7, 11) is 1.60. The number of hydrogen-bond acceptors (Lipinski definition) is 5. The number of carbonyl (C=O) groups excluding carboxylic acids is 4. The molecule has 0 unspecified atom stereocenters. The van der Waals surface area contributed by atoms with Crippen LogP contribution < -0.4 is 10.2 Å². The van der Waals surface area contributed by atoms with Crippen LogP contribution in [0.4, 0.5) is 5.69 Å². The van der Waals surface area contributed by atoms with E-state index in [4.69, 9.17) is 4.74 Å². The van der Waals surface area contributed by atoms with Crippen LogP contribution in [0.3, 0.4) is 0 Å². The standard InChI is InChI=1S/C24H20N2O5/c1-26(18-12-6-3-7-13-18)23(29)19-14-8-9-15-20(19)24(30)31-16-21(27)25-22(28)17-10-4-2-5-11-17/h2-15H,16H2,1H3,(H,25,27,28). The van der Waals surface area contributed by atoms with Gasteiger partial charge in [0.05, 0.1) is 11.1 Å². The summed E-state index contributed by atoms with van der Waals surface area (Å²) in [4.78, 5) is 50.8. The van der Waals surface area contributed by atoms with Gasteiger partial charge >= 0.3 is 5.97 Å². The van der Waals surface area contributed by atoms with E-state index < -0.39 is 30.3 Å². The van der Waals surface area contributed by atoms with Crippen LogP contribution >= 0.6 is 0 Å². The molecule has 1 N–H and O–H groups in total. The largest absolute Gasteiger partial charge is 0.452 e. The molecular weight excluding hydrogens is 396 g/mol. The Morgan fingerprint density at radius 3 is 1.97 bits per heavy atom. The van der Waals surface area contributed by atoms with Crippen LogP contribution in [0, 0.1) is 0 Å². The number of ether oxygens (including phenoxy) is 1. The van der Waals surface area contributed by atoms with E-state index >= 15 is 0 Å². The Bertz CT molecular complexity index is 1100. The Morgan fingerprint density at radius 2 is 1.32 bits per heavy atom. The van der Waals surface area contributed by atoms with Crippen LogP contribution in [0.5, 0.6) is 0 Å². The highest BCUT2D eigenvalue weighted by atomic mass is 16.5. The minimum absolute atomic E-state index is 0.0254. The summed E-state index contributed by atoms with van der Waals surface area (Å²) < 4.78 is 5.03. The Labute approximate surface area is 179 Å². The Kier molecular flexibility index (Phi) is 6.90. The van der Waals surface area contributed by atoms with Gasteiger partial charge in [0.15, 0.2) is 6.61 Å². The van der Waals surface area contributed by atoms with E-state index in [1.54, 1.807) is 73.8 Å². The fourth-order valence-corrected chi connectivity index (χ4v) is 2.83. The molecule has 3 aromatic carbocycles. The van der Waals surface area contributed by atoms with Crippen molar-refractivity contribution in [1.29, 1.82) is 0 Å². The summed E-state index contributed by atoms with van der Waals surface area (Å²) >= 11 is 0. The molecule has 0 atom stereocenters. The van der Waals surface area contributed by atoms with Crippen molar-refractivity contribution in [3.8, 4) is 0 Å². The number of para-hydroxylation sites is 1. The summed E-state index contributed by atoms with van der Waals surface area (Å²) in [6.45, 7) is -0.658. The zero-order chi connectivity index (χ0) is 22.2. The molecular formula is C24H20N2O5. The topological polar surface area (TPSA) is 92.8 Å². The summed E-state index contributed by atoms with van der Waals surface area (Å²) in [5, 5.41) is 2.15. The molecule has 0 aliphatic heterocycles. The number of anilines is 1. The number of carbonyl (C=O) groups is 4. The van der Waals surface area contributed by atoms with Crippen LogP contribution in [0.1, 0.15) is 31.1 Å². The van der Waals surface area contributed by atoms with Gasteiger partial charge in [0, 0.05) is 18.3 Å². The lowest BCUT2D eigenvalue weighted by atomic mass is 10.1. The second kappa shape index (κ2) is 9.98. The summed E-state index contributed by atoms with van der Waals surface area (Å²) in [6.07, 6.45) is 0. The number of rotatable bonds is 6. The quantitative estimate of drug-likeness (QED) is 0.624. The van der Waals surface area contributed by atoms with Crippen molar-refractivity contribution in [1.82, 2.24) is 5.32 Å². The highest BCUT2D eigenvalue weighted by Gasteiger charge is 2.22. The molecule has 0 saturated carbocycles. The lowest BCUT2D eigenvalue weighted by Crippen LogP contribution is -2.34. The lowest BCUT2D eigenvalue weighted by molar-refractivity contribution is -0.123. The number of amides is 3. The van der Waals surface area contributed by atoms with Crippen molar-refractivity contribution >= 4 is 29.4 Å². The third-order valence-electron chi connectivity index (χ3n) is 4.45. The molecule has 31 heavy (non-hydrogen) atoms. The lowest BCUT2D eigenvalue weighted by Gasteiger charge is -2.18. The van der Waals surface area contributed by atoms with Crippen molar-refractivity contribution in [3.05, 3.63) is 102 Å². The highest BCUT2D eigenvalue weighted by molar-refractivity contribution is 6.12. The second-order valence-electron chi connectivity index (χ2n) is 6.56. The third-order valence-corrected chi connectivity index (χ3v) is 4.45. The second-order valence-corrected chi connectivity index (χ2v) is 6.56. The highest BCUT2D eigenvalue weighted by Crippen LogP contribution is 2.18. The molecule has 3 amide bonds. The van der Waals surface area contributed by atoms with Crippen LogP contribution in [0.15, 0.2) is 84.9 Å². The maximum atomic E-state index is 12.9. The van der Waals surface area contributed by atoms with Gasteiger partial charge in [-0.05, 0) is 36.4 Å². The van der Waals surface area contributed by atoms with Crippen LogP contribution in [0.2, 0.25) is 0 Å². The average molecular weight is 416 g/mol. The maximum Gasteiger partial charge on any atom is 0.339 e. The van der Waals surface area contributed by atoms with Gasteiger partial charge in [-0.3, -0.25) is 19.7 Å². The normalized spacial score (nSPS) is 10.1. The first-order valence-electron chi connectivity index (χ1n) is 9.46. The minimum atomic E-state index is -0.840. The first-order valence-corrected chi connectivity index (χ1v) is 9.46. The Balaban J connectivity index is 1.65. The maximum absolute atomic E-state index is 12.9. The molecule has 3 rings (SSSR count). The molecule has 7 heteroatoms. The average Bonchev–Trinajstić information content (AvgIpc) is 2.82. The van der Waals surface area contributed by atoms with Gasteiger partial charge in [-0.2, -0.15) is 0 Å². The van der Waals surface area contributed by atoms with Crippen molar-refractivity contribution in [3.63, 3.8) is 0 Å². The number of imide groups is 1. The van der Waals surface area contributed by atoms with E-state index in [0.717, 1.165) is 0 Å². The molecule has 0 aliphatic rings. The molecule has 3 aromatic rings. The zero-order valence-corrected chi connectivity index (χ0v) is 16.8. The van der Waals surface area contributed by atoms with Gasteiger partial charge in [-0.15, -0.1) is 0 Å². The fourth-order valence-electron chi connectivity index (χ4n) is 2.83. The number of hydrogen-bond donors (Lipinski definition) is 1. The molecule has 0 heterocycles. The van der Waals surface area contributed by atoms with E-state index in [0.29, 0.717) is 11.3 Å². The van der Waals surface area contributed by atoms with E-state index in [1.807, 2.05) is 6.07 Å². The monoisotopic (exact) mass is 416 g/mol. The predicted molar refractivity (Wildman–Crippen MR) is 115 cm³/mol. The first kappa shape index (κ1) is 21.4. The number of esters is 1. The van der Waals surface area contributed by atoms with Crippen molar-refractivity contribution in [2.45, 2.75) is 0 Å². The van der Waals surface area contributed by atoms with Crippen LogP contribution in [0.25, 0.3) is 0 Å². The molecule has 0 radical (unpaired) electrons. The SMILES string of the molecule is CN(C(=O)c1ccccc1C(=O)OCC(=O)NC(=O)c1ccccc1)c1ccccc1. The van der Waals surface area contributed by atoms with Gasteiger partial charge in [-0.1, -0.05) is 48.5 Å². The Morgan fingerprint density at radius 1 is 0.774 bits per heavy atom. The molecule has 7 nitrogen and oxygen atoms in total. The van der Waals surface area contributed by atoms with Gasteiger partial charge in [0.25, 0.3) is 17.7 Å². The molecule has 0 saturated heterocycles. The summed E-state index contributed by atoms with van der Waals surface area (Å²) in [6, 6.07) is 23.3. The van der Waals surface area contributed by atoms with Gasteiger partial charge in [-0.25, -0.2) is 4.79 Å². The van der Waals surface area contributed by atoms with E-state index in [2.05, 4.69) is 5.32 Å². The number of benzene rings is 3. The molecule has 0 bridgehead atoms. The van der Waals surface area contributed by atoms with Crippen molar-refractivity contribution in [2.75, 3.05) is 18.6 Å². The van der Waals surface area contributed by atoms with Crippen molar-refractivity contribution < 1.29 is 23.9 Å². The van der Waals surface area contributed by atoms with Crippen LogP contribution in [-0.2, 0) is 9.53 Å². The number of nitrogens with zero attached hydrogens (tertiary/aromatic N) is 1. The van der Waals surface area contributed by atoms with E-state index in [1.165, 1.54) is 17.0 Å². The van der Waals surface area contributed by atoms with Gasteiger partial charge in [0.2, 0.25) is 0 Å². The Hall–Kier alpha value is -4.26. The van der Waals surface area contributed by atoms with Gasteiger partial charge < -0.3 is 9.64 Å². The van der Waals surface area contributed by atoms with Crippen molar-refractivity contribution in [2.24, 2.45) is 0 Å².